The number of carbonyl (C=O) groups is 2. The Kier molecular flexibility index (Phi) is 12.6. The number of methoxy groups -OCH3 is 1. The van der Waals surface area contributed by atoms with E-state index in [4.69, 9.17) is 4.74 Å². The van der Waals surface area contributed by atoms with E-state index in [1.807, 2.05) is 14.0 Å². The number of sulfonamides is 1. The number of aryl methyl sites for hydroxylation is 2. The van der Waals surface area contributed by atoms with Crippen molar-refractivity contribution in [3.05, 3.63) is 53.1 Å². The number of ketones is 1. The summed E-state index contributed by atoms with van der Waals surface area (Å²) in [4.78, 5) is 30.0. The molecule has 0 heterocycles. The van der Waals surface area contributed by atoms with Gasteiger partial charge in [0, 0.05) is 59.8 Å². The molecule has 0 N–H and O–H groups in total. The van der Waals surface area contributed by atoms with Crippen molar-refractivity contribution in [1.82, 2.24) is 14.1 Å². The summed E-state index contributed by atoms with van der Waals surface area (Å²) < 4.78 is 32.7. The second-order valence-electron chi connectivity index (χ2n) is 11.5. The summed E-state index contributed by atoms with van der Waals surface area (Å²) in [5.74, 6) is 0.742. The predicted octanol–water partition coefficient (Wildman–Crippen LogP) is 4.50. The van der Waals surface area contributed by atoms with E-state index in [0.717, 1.165) is 25.1 Å². The van der Waals surface area contributed by atoms with E-state index < -0.39 is 15.6 Å². The smallest absolute Gasteiger partial charge is 0.244 e. The molecule has 2 aromatic rings. The molecule has 0 atom stereocenters. The minimum atomic E-state index is -3.73. The monoisotopic (exact) mass is 602 g/mol. The lowest BCUT2D eigenvalue weighted by atomic mass is 10.1. The van der Waals surface area contributed by atoms with E-state index in [0.29, 0.717) is 42.7 Å². The van der Waals surface area contributed by atoms with E-state index in [2.05, 4.69) is 55.2 Å². The quantitative estimate of drug-likeness (QED) is 0.334. The minimum Gasteiger partial charge on any atom is -0.497 e. The summed E-state index contributed by atoms with van der Waals surface area (Å²) in [6.45, 7) is 9.72. The molecule has 0 aromatic heterocycles. The first-order valence-corrected chi connectivity index (χ1v) is 15.9. The highest BCUT2D eigenvalue weighted by atomic mass is 32.2. The number of ether oxygens (including phenoxy) is 1. The van der Waals surface area contributed by atoms with E-state index in [-0.39, 0.29) is 16.6 Å². The van der Waals surface area contributed by atoms with Crippen molar-refractivity contribution in [1.29, 1.82) is 0 Å². The lowest BCUT2D eigenvalue weighted by Crippen LogP contribution is -2.44. The fraction of sp³-hybridized carbons (Fsp3) is 0.562. The zero-order valence-corrected chi connectivity index (χ0v) is 28.0. The van der Waals surface area contributed by atoms with Gasteiger partial charge in [-0.3, -0.25) is 9.59 Å². The van der Waals surface area contributed by atoms with Gasteiger partial charge in [0.05, 0.1) is 17.5 Å². The second kappa shape index (κ2) is 15.0. The molecule has 0 bridgehead atoms. The highest BCUT2D eigenvalue weighted by molar-refractivity contribution is 7.89. The SMILES string of the molecule is CC(=O)N(C)Cc1ccc(N(C)CCN(C)C)cc1.CCCC(=O)C1(N(C)S(=O)(=O)c2c(C)cc(OC)cc2C)CC1. The van der Waals surface area contributed by atoms with Crippen LogP contribution in [-0.4, -0.2) is 95.2 Å². The molecule has 9 nitrogen and oxygen atoms in total. The van der Waals surface area contributed by atoms with Gasteiger partial charge >= 0.3 is 0 Å². The number of likely N-dealkylation sites (N-methyl/N-ethyl adjacent to an activating group) is 3. The molecule has 234 valence electrons. The Balaban J connectivity index is 0.000000299. The molecule has 1 amide bonds. The van der Waals surface area contributed by atoms with Gasteiger partial charge in [-0.15, -0.1) is 0 Å². The van der Waals surface area contributed by atoms with Crippen LogP contribution in [-0.2, 0) is 26.2 Å². The summed E-state index contributed by atoms with van der Waals surface area (Å²) in [7, 11) is 7.42. The summed E-state index contributed by atoms with van der Waals surface area (Å²) in [5.41, 5.74) is 2.78. The average molecular weight is 603 g/mol. The molecular formula is C32H50N4O5S. The van der Waals surface area contributed by atoms with Crippen LogP contribution in [0, 0.1) is 13.8 Å². The highest BCUT2D eigenvalue weighted by Gasteiger charge is 2.56. The van der Waals surface area contributed by atoms with Gasteiger partial charge < -0.3 is 19.4 Å². The molecular weight excluding hydrogens is 552 g/mol. The van der Waals surface area contributed by atoms with Crippen molar-refractivity contribution in [2.45, 2.75) is 70.4 Å². The average Bonchev–Trinajstić information content (AvgIpc) is 3.73. The van der Waals surface area contributed by atoms with Crippen molar-refractivity contribution < 1.29 is 22.7 Å². The van der Waals surface area contributed by atoms with Gasteiger partial charge in [0.25, 0.3) is 0 Å². The summed E-state index contributed by atoms with van der Waals surface area (Å²) in [5, 5.41) is 0. The molecule has 1 aliphatic rings. The third kappa shape index (κ3) is 8.78. The molecule has 0 aliphatic heterocycles. The first-order valence-electron chi connectivity index (χ1n) is 14.4. The van der Waals surface area contributed by atoms with Crippen LogP contribution < -0.4 is 9.64 Å². The number of hydrogen-bond acceptors (Lipinski definition) is 7. The number of carbonyl (C=O) groups excluding carboxylic acids is 2. The van der Waals surface area contributed by atoms with E-state index >= 15 is 0 Å². The Morgan fingerprint density at radius 2 is 1.48 bits per heavy atom. The topological polar surface area (TPSA) is 90.5 Å². The van der Waals surface area contributed by atoms with Crippen molar-refractivity contribution in [2.24, 2.45) is 0 Å². The highest BCUT2D eigenvalue weighted by Crippen LogP contribution is 2.46. The van der Waals surface area contributed by atoms with E-state index in [9.17, 15) is 18.0 Å². The third-order valence-corrected chi connectivity index (χ3v) is 10.1. The lowest BCUT2D eigenvalue weighted by Gasteiger charge is -2.27. The summed E-state index contributed by atoms with van der Waals surface area (Å²) >= 11 is 0. The molecule has 0 radical (unpaired) electrons. The van der Waals surface area contributed by atoms with Crippen LogP contribution in [0.1, 0.15) is 56.2 Å². The van der Waals surface area contributed by atoms with Gasteiger partial charge in [0.15, 0.2) is 5.78 Å². The lowest BCUT2D eigenvalue weighted by molar-refractivity contribution is -0.128. The Hall–Kier alpha value is -2.95. The maximum atomic E-state index is 13.1. The van der Waals surface area contributed by atoms with Crippen molar-refractivity contribution in [3.8, 4) is 5.75 Å². The fourth-order valence-corrected chi connectivity index (χ4v) is 6.82. The number of nitrogens with zero attached hydrogens (tertiary/aromatic N) is 4. The van der Waals surface area contributed by atoms with Crippen LogP contribution in [0.3, 0.4) is 0 Å². The number of rotatable bonds is 13. The largest absolute Gasteiger partial charge is 0.497 e. The number of hydrogen-bond donors (Lipinski definition) is 0. The standard InChI is InChI=1S/C17H25NO4S.C15H25N3O/c1-6-7-15(19)17(8-9-17)18(4)23(20,21)16-12(2)10-14(22-5)11-13(16)3;1-13(19)18(5)12-14-6-8-15(9-7-14)17(4)11-10-16(2)3/h10-11H,6-9H2,1-5H3;6-9H,10-12H2,1-5H3. The van der Waals surface area contributed by atoms with Gasteiger partial charge in [-0.1, -0.05) is 19.1 Å². The van der Waals surface area contributed by atoms with Crippen molar-refractivity contribution in [3.63, 3.8) is 0 Å². The van der Waals surface area contributed by atoms with Gasteiger partial charge in [-0.2, -0.15) is 4.31 Å². The van der Waals surface area contributed by atoms with Crippen LogP contribution in [0.25, 0.3) is 0 Å². The van der Waals surface area contributed by atoms with E-state index in [1.165, 1.54) is 17.0 Å². The fourth-order valence-electron chi connectivity index (χ4n) is 4.87. The zero-order valence-electron chi connectivity index (χ0n) is 27.2. The number of benzene rings is 2. The third-order valence-electron chi connectivity index (χ3n) is 7.83. The molecule has 1 aliphatic carbocycles. The van der Waals surface area contributed by atoms with Crippen molar-refractivity contribution in [2.75, 3.05) is 60.3 Å². The van der Waals surface area contributed by atoms with Crippen LogP contribution in [0.2, 0.25) is 0 Å². The predicted molar refractivity (Wildman–Crippen MR) is 170 cm³/mol. The number of anilines is 1. The Morgan fingerprint density at radius 1 is 0.929 bits per heavy atom. The van der Waals surface area contributed by atoms with Crippen LogP contribution in [0.15, 0.2) is 41.3 Å². The minimum absolute atomic E-state index is 0.0230. The molecule has 1 fully saturated rings. The first kappa shape index (κ1) is 35.2. The maximum Gasteiger partial charge on any atom is 0.244 e. The number of Topliss-reactive ketones (excluding diaryl/α,β-unsaturated/α-hetero) is 1. The molecule has 0 unspecified atom stereocenters. The first-order chi connectivity index (χ1) is 19.6. The molecule has 0 saturated heterocycles. The van der Waals surface area contributed by atoms with Gasteiger partial charge in [0.1, 0.15) is 5.75 Å². The summed E-state index contributed by atoms with van der Waals surface area (Å²) in [6, 6.07) is 11.8. The second-order valence-corrected chi connectivity index (χ2v) is 13.4. The molecule has 1 saturated carbocycles. The zero-order chi connectivity index (χ0) is 31.8. The van der Waals surface area contributed by atoms with Gasteiger partial charge in [-0.05, 0) is 88.2 Å². The van der Waals surface area contributed by atoms with Gasteiger partial charge in [0.2, 0.25) is 15.9 Å². The van der Waals surface area contributed by atoms with E-state index in [1.54, 1.807) is 44.9 Å². The number of amides is 1. The maximum absolute atomic E-state index is 13.1. The van der Waals surface area contributed by atoms with Crippen LogP contribution in [0.5, 0.6) is 5.75 Å². The molecule has 2 aromatic carbocycles. The summed E-state index contributed by atoms with van der Waals surface area (Å²) in [6.07, 6.45) is 2.36. The molecule has 0 spiro atoms. The van der Waals surface area contributed by atoms with Crippen molar-refractivity contribution >= 4 is 27.4 Å². The molecule has 10 heteroatoms. The Labute approximate surface area is 253 Å². The Morgan fingerprint density at radius 3 is 1.90 bits per heavy atom. The normalized spacial score (nSPS) is 13.8. The molecule has 3 rings (SSSR count). The Bertz CT molecular complexity index is 1300. The molecule has 42 heavy (non-hydrogen) atoms. The van der Waals surface area contributed by atoms with Crippen LogP contribution in [0.4, 0.5) is 5.69 Å². The van der Waals surface area contributed by atoms with Gasteiger partial charge in [-0.25, -0.2) is 8.42 Å². The van der Waals surface area contributed by atoms with Crippen LogP contribution >= 0.6 is 0 Å².